The van der Waals surface area contributed by atoms with Crippen LogP contribution < -0.4 is 10.6 Å². The van der Waals surface area contributed by atoms with Crippen LogP contribution in [0, 0.1) is 15.9 Å². The second-order valence-electron chi connectivity index (χ2n) is 8.70. The van der Waals surface area contributed by atoms with E-state index in [-0.39, 0.29) is 41.8 Å². The maximum atomic E-state index is 13.1. The summed E-state index contributed by atoms with van der Waals surface area (Å²) in [6.07, 6.45) is 3.31. The maximum absolute atomic E-state index is 13.1. The van der Waals surface area contributed by atoms with Gasteiger partial charge in [0.2, 0.25) is 0 Å². The van der Waals surface area contributed by atoms with Gasteiger partial charge in [-0.05, 0) is 67.5 Å². The molecule has 0 radical (unpaired) electrons. The van der Waals surface area contributed by atoms with E-state index >= 15 is 0 Å². The van der Waals surface area contributed by atoms with Crippen molar-refractivity contribution in [3.63, 3.8) is 0 Å². The van der Waals surface area contributed by atoms with Crippen molar-refractivity contribution in [2.45, 2.75) is 44.1 Å². The van der Waals surface area contributed by atoms with Gasteiger partial charge in [0.1, 0.15) is 11.5 Å². The van der Waals surface area contributed by atoms with Crippen LogP contribution in [0.3, 0.4) is 0 Å². The number of esters is 1. The van der Waals surface area contributed by atoms with Gasteiger partial charge in [-0.15, -0.1) is 5.10 Å². The quantitative estimate of drug-likeness (QED) is 0.215. The SMILES string of the molecule is COC(=O)CCOC1CCC(c2ccc(NC(=O)c3nnc(Nc4ccc(F)cc4)o3)c([N+](=O)[O-])c2)CC1. The summed E-state index contributed by atoms with van der Waals surface area (Å²) >= 11 is 0. The number of rotatable bonds is 10. The Kier molecular flexibility index (Phi) is 8.58. The highest BCUT2D eigenvalue weighted by atomic mass is 19.1. The molecule has 0 unspecified atom stereocenters. The van der Waals surface area contributed by atoms with E-state index in [9.17, 15) is 24.1 Å². The molecule has 4 rings (SSSR count). The fourth-order valence-electron chi connectivity index (χ4n) is 4.23. The van der Waals surface area contributed by atoms with Gasteiger partial charge in [0.05, 0.1) is 31.2 Å². The summed E-state index contributed by atoms with van der Waals surface area (Å²) in [5, 5.41) is 24.3. The van der Waals surface area contributed by atoms with Gasteiger partial charge in [0.15, 0.2) is 0 Å². The van der Waals surface area contributed by atoms with Gasteiger partial charge in [-0.2, -0.15) is 0 Å². The van der Waals surface area contributed by atoms with Crippen molar-refractivity contribution < 1.29 is 32.8 Å². The molecule has 1 aliphatic rings. The van der Waals surface area contributed by atoms with Crippen LogP contribution in [0.2, 0.25) is 0 Å². The molecule has 200 valence electrons. The lowest BCUT2D eigenvalue weighted by molar-refractivity contribution is -0.384. The molecule has 1 amide bonds. The van der Waals surface area contributed by atoms with E-state index < -0.39 is 22.5 Å². The minimum absolute atomic E-state index is 0.00479. The maximum Gasteiger partial charge on any atom is 0.320 e. The first-order valence-electron chi connectivity index (χ1n) is 12.0. The zero-order chi connectivity index (χ0) is 27.1. The van der Waals surface area contributed by atoms with Gasteiger partial charge in [0, 0.05) is 11.8 Å². The van der Waals surface area contributed by atoms with Crippen LogP contribution in [-0.4, -0.2) is 46.8 Å². The zero-order valence-corrected chi connectivity index (χ0v) is 20.5. The van der Waals surface area contributed by atoms with E-state index in [1.807, 2.05) is 0 Å². The Morgan fingerprint density at radius 2 is 1.87 bits per heavy atom. The molecule has 13 heteroatoms. The Hall–Kier alpha value is -4.39. The van der Waals surface area contributed by atoms with Crippen molar-refractivity contribution in [1.29, 1.82) is 0 Å². The van der Waals surface area contributed by atoms with Gasteiger partial charge in [-0.1, -0.05) is 11.2 Å². The zero-order valence-electron chi connectivity index (χ0n) is 20.5. The van der Waals surface area contributed by atoms with Crippen molar-refractivity contribution in [3.05, 3.63) is 69.9 Å². The number of ether oxygens (including phenoxy) is 2. The Morgan fingerprint density at radius 1 is 1.13 bits per heavy atom. The largest absolute Gasteiger partial charge is 0.469 e. The molecule has 2 aromatic carbocycles. The lowest BCUT2D eigenvalue weighted by Crippen LogP contribution is -2.22. The number of methoxy groups -OCH3 is 1. The molecular formula is C25H26FN5O7. The molecular weight excluding hydrogens is 501 g/mol. The molecule has 12 nitrogen and oxygen atoms in total. The third kappa shape index (κ3) is 6.88. The lowest BCUT2D eigenvalue weighted by atomic mass is 9.82. The second-order valence-corrected chi connectivity index (χ2v) is 8.70. The predicted octanol–water partition coefficient (Wildman–Crippen LogP) is 4.72. The Morgan fingerprint density at radius 3 is 2.55 bits per heavy atom. The molecule has 0 spiro atoms. The molecule has 3 aromatic rings. The highest BCUT2D eigenvalue weighted by molar-refractivity contribution is 6.02. The van der Waals surface area contributed by atoms with Gasteiger partial charge >= 0.3 is 23.8 Å². The number of hydrogen-bond donors (Lipinski definition) is 2. The van der Waals surface area contributed by atoms with Gasteiger partial charge < -0.3 is 24.5 Å². The number of amides is 1. The highest BCUT2D eigenvalue weighted by Crippen LogP contribution is 2.37. The average molecular weight is 528 g/mol. The van der Waals surface area contributed by atoms with Crippen LogP contribution in [0.25, 0.3) is 0 Å². The van der Waals surface area contributed by atoms with E-state index in [2.05, 4.69) is 25.6 Å². The molecule has 2 N–H and O–H groups in total. The molecule has 0 atom stereocenters. The van der Waals surface area contributed by atoms with Crippen molar-refractivity contribution in [1.82, 2.24) is 10.2 Å². The minimum atomic E-state index is -0.815. The van der Waals surface area contributed by atoms with Gasteiger partial charge in [0.25, 0.3) is 5.69 Å². The van der Waals surface area contributed by atoms with Crippen molar-refractivity contribution in [3.8, 4) is 0 Å². The van der Waals surface area contributed by atoms with Gasteiger partial charge in [-0.25, -0.2) is 4.39 Å². The number of anilines is 3. The van der Waals surface area contributed by atoms with Crippen molar-refractivity contribution in [2.24, 2.45) is 0 Å². The van der Waals surface area contributed by atoms with Crippen molar-refractivity contribution in [2.75, 3.05) is 24.4 Å². The third-order valence-electron chi connectivity index (χ3n) is 6.21. The molecule has 38 heavy (non-hydrogen) atoms. The van der Waals surface area contributed by atoms with E-state index in [1.54, 1.807) is 6.07 Å². The smallest absolute Gasteiger partial charge is 0.320 e. The van der Waals surface area contributed by atoms with Crippen LogP contribution in [0.5, 0.6) is 0 Å². The summed E-state index contributed by atoms with van der Waals surface area (Å²) in [6.45, 7) is 0.297. The molecule has 0 saturated heterocycles. The van der Waals surface area contributed by atoms with Crippen LogP contribution >= 0.6 is 0 Å². The van der Waals surface area contributed by atoms with Crippen molar-refractivity contribution >= 4 is 35.0 Å². The number of halogens is 1. The number of carbonyl (C=O) groups is 2. The topological polar surface area (TPSA) is 159 Å². The summed E-state index contributed by atoms with van der Waals surface area (Å²) in [5.41, 5.74) is 1.01. The molecule has 1 aromatic heterocycles. The average Bonchev–Trinajstić information content (AvgIpc) is 3.39. The third-order valence-corrected chi connectivity index (χ3v) is 6.21. The minimum Gasteiger partial charge on any atom is -0.469 e. The molecule has 1 saturated carbocycles. The number of carbonyl (C=O) groups excluding carboxylic acids is 2. The first-order chi connectivity index (χ1) is 18.3. The van der Waals surface area contributed by atoms with E-state index in [4.69, 9.17) is 9.15 Å². The molecule has 0 bridgehead atoms. The summed E-state index contributed by atoms with van der Waals surface area (Å²) < 4.78 is 28.7. The number of nitro groups is 1. The fraction of sp³-hybridized carbons (Fsp3) is 0.360. The molecule has 0 aliphatic heterocycles. The van der Waals surface area contributed by atoms with Crippen LogP contribution in [-0.2, 0) is 14.3 Å². The molecule has 1 heterocycles. The predicted molar refractivity (Wildman–Crippen MR) is 133 cm³/mol. The number of nitro benzene ring substituents is 1. The standard InChI is InChI=1S/C25H26FN5O7/c1-36-22(32)12-13-37-19-9-2-15(3-10-19)16-4-11-20(21(14-16)31(34)35)28-23(33)24-29-30-25(38-24)27-18-7-5-17(26)6-8-18/h4-8,11,14-15,19H,2-3,9-10,12-13H2,1H3,(H,27,30)(H,28,33). The lowest BCUT2D eigenvalue weighted by Gasteiger charge is -2.28. The van der Waals surface area contributed by atoms with Crippen LogP contribution in [0.4, 0.5) is 27.5 Å². The Bertz CT molecular complexity index is 1290. The number of hydrogen-bond acceptors (Lipinski definition) is 10. The van der Waals surface area contributed by atoms with Crippen LogP contribution in [0.1, 0.15) is 54.3 Å². The molecule has 1 fully saturated rings. The monoisotopic (exact) mass is 527 g/mol. The van der Waals surface area contributed by atoms with Crippen LogP contribution in [0.15, 0.2) is 46.9 Å². The number of nitrogens with one attached hydrogen (secondary N) is 2. The van der Waals surface area contributed by atoms with E-state index in [0.717, 1.165) is 31.2 Å². The molecule has 1 aliphatic carbocycles. The first kappa shape index (κ1) is 26.7. The number of aromatic nitrogens is 2. The summed E-state index contributed by atoms with van der Waals surface area (Å²) in [7, 11) is 1.33. The van der Waals surface area contributed by atoms with E-state index in [1.165, 1.54) is 43.5 Å². The normalized spacial score (nSPS) is 17.0. The highest BCUT2D eigenvalue weighted by Gasteiger charge is 2.26. The fourth-order valence-corrected chi connectivity index (χ4v) is 4.23. The van der Waals surface area contributed by atoms with E-state index in [0.29, 0.717) is 12.3 Å². The Balaban J connectivity index is 1.36. The Labute approximate surface area is 216 Å². The summed E-state index contributed by atoms with van der Waals surface area (Å²) in [4.78, 5) is 35.0. The van der Waals surface area contributed by atoms with Gasteiger partial charge in [-0.3, -0.25) is 19.7 Å². The number of nitrogens with zero attached hydrogens (tertiary/aromatic N) is 3. The first-order valence-corrected chi connectivity index (χ1v) is 12.0. The summed E-state index contributed by atoms with van der Waals surface area (Å²) in [5.74, 6) is -1.85. The summed E-state index contributed by atoms with van der Waals surface area (Å²) in [6, 6.07) is 9.98. The second kappa shape index (κ2) is 12.2. The number of benzene rings is 2.